The van der Waals surface area contributed by atoms with Crippen molar-refractivity contribution in [1.82, 2.24) is 0 Å². The fraction of sp³-hybridized carbons (Fsp3) is 0.526. The molecule has 0 unspecified atom stereocenters. The van der Waals surface area contributed by atoms with Crippen molar-refractivity contribution < 1.29 is 9.15 Å². The molecule has 1 radical (unpaired) electrons. The van der Waals surface area contributed by atoms with E-state index < -0.39 is 0 Å². The SMILES string of the molecule is [CH2]CCCCCOCCCCCc1ccc2coccc1-2. The molecule has 0 amide bonds. The Hall–Kier alpha value is -1.28. The van der Waals surface area contributed by atoms with Gasteiger partial charge in [-0.15, -0.1) is 0 Å². The lowest BCUT2D eigenvalue weighted by Crippen LogP contribution is -1.97. The quantitative estimate of drug-likeness (QED) is 0.508. The van der Waals surface area contributed by atoms with Gasteiger partial charge in [0.25, 0.3) is 0 Å². The highest BCUT2D eigenvalue weighted by Crippen LogP contribution is 2.28. The Bertz CT molecular complexity index is 461. The van der Waals surface area contributed by atoms with E-state index in [-0.39, 0.29) is 0 Å². The molecule has 2 heteroatoms. The molecule has 0 saturated heterocycles. The molecule has 0 saturated carbocycles. The standard InChI is InChI=1S/C19H27O2/c1-2-3-4-7-13-20-14-8-5-6-9-17-10-11-18-16-21-15-12-19(17)18/h10-12,15-16H,1-9,13-14H2. The van der Waals surface area contributed by atoms with Crippen LogP contribution < -0.4 is 0 Å². The molecule has 1 heterocycles. The first-order valence-electron chi connectivity index (χ1n) is 8.22. The molecule has 115 valence electrons. The van der Waals surface area contributed by atoms with Crippen LogP contribution >= 0.6 is 0 Å². The van der Waals surface area contributed by atoms with E-state index >= 15 is 0 Å². The summed E-state index contributed by atoms with van der Waals surface area (Å²) in [5, 5.41) is 0. The summed E-state index contributed by atoms with van der Waals surface area (Å²) < 4.78 is 10.8. The van der Waals surface area contributed by atoms with E-state index in [0.29, 0.717) is 0 Å². The van der Waals surface area contributed by atoms with Gasteiger partial charge >= 0.3 is 0 Å². The highest BCUT2D eigenvalue weighted by Gasteiger charge is 2.08. The van der Waals surface area contributed by atoms with Crippen molar-refractivity contribution >= 4 is 0 Å². The van der Waals surface area contributed by atoms with Gasteiger partial charge in [0.1, 0.15) is 0 Å². The third-order valence-corrected chi connectivity index (χ3v) is 3.90. The van der Waals surface area contributed by atoms with Crippen molar-refractivity contribution in [2.24, 2.45) is 0 Å². The minimum Gasteiger partial charge on any atom is -0.472 e. The van der Waals surface area contributed by atoms with Crippen LogP contribution in [0.2, 0.25) is 0 Å². The largest absolute Gasteiger partial charge is 0.472 e. The van der Waals surface area contributed by atoms with E-state index in [1.165, 1.54) is 55.2 Å². The van der Waals surface area contributed by atoms with Gasteiger partial charge < -0.3 is 9.15 Å². The predicted octanol–water partition coefficient (Wildman–Crippen LogP) is 5.51. The van der Waals surface area contributed by atoms with Crippen LogP contribution in [0, 0.1) is 6.92 Å². The zero-order valence-electron chi connectivity index (χ0n) is 13.0. The van der Waals surface area contributed by atoms with E-state index in [1.54, 1.807) is 6.26 Å². The number of fused-ring (bicyclic) bond motifs is 1. The predicted molar refractivity (Wildman–Crippen MR) is 87.5 cm³/mol. The molecule has 0 bridgehead atoms. The van der Waals surface area contributed by atoms with E-state index in [2.05, 4.69) is 25.1 Å². The molecular formula is C19H27O2. The molecule has 0 fully saturated rings. The third-order valence-electron chi connectivity index (χ3n) is 3.90. The number of aryl methyl sites for hydroxylation is 1. The first-order chi connectivity index (χ1) is 10.4. The lowest BCUT2D eigenvalue weighted by molar-refractivity contribution is 0.126. The van der Waals surface area contributed by atoms with Crippen molar-refractivity contribution in [2.75, 3.05) is 13.2 Å². The van der Waals surface area contributed by atoms with Crippen molar-refractivity contribution in [2.45, 2.75) is 51.4 Å². The lowest BCUT2D eigenvalue weighted by atomic mass is 10.0. The van der Waals surface area contributed by atoms with E-state index in [0.717, 1.165) is 26.1 Å². The number of ether oxygens (including phenoxy) is 1. The Morgan fingerprint density at radius 1 is 0.905 bits per heavy atom. The van der Waals surface area contributed by atoms with E-state index in [1.807, 2.05) is 6.26 Å². The molecule has 2 nitrogen and oxygen atoms in total. The average Bonchev–Trinajstić information content (AvgIpc) is 2.92. The molecule has 2 rings (SSSR count). The maximum absolute atomic E-state index is 5.65. The van der Waals surface area contributed by atoms with Gasteiger partial charge in [0, 0.05) is 18.8 Å². The van der Waals surface area contributed by atoms with Crippen LogP contribution in [-0.4, -0.2) is 13.2 Å². The molecule has 0 N–H and O–H groups in total. The molecule has 0 aromatic rings. The minimum absolute atomic E-state index is 0.908. The van der Waals surface area contributed by atoms with Gasteiger partial charge in [-0.25, -0.2) is 0 Å². The van der Waals surface area contributed by atoms with Crippen LogP contribution in [0.15, 0.2) is 35.1 Å². The van der Waals surface area contributed by atoms with Crippen molar-refractivity contribution in [3.63, 3.8) is 0 Å². The molecule has 2 aliphatic rings. The Morgan fingerprint density at radius 2 is 1.71 bits per heavy atom. The molecule has 0 aromatic heterocycles. The summed E-state index contributed by atoms with van der Waals surface area (Å²) in [4.78, 5) is 0. The molecule has 0 aromatic carbocycles. The summed E-state index contributed by atoms with van der Waals surface area (Å²) in [5.41, 5.74) is 3.98. The smallest absolute Gasteiger partial charge is 0.0979 e. The van der Waals surface area contributed by atoms with Gasteiger partial charge in [0.2, 0.25) is 0 Å². The third kappa shape index (κ3) is 5.55. The maximum Gasteiger partial charge on any atom is 0.0979 e. The van der Waals surface area contributed by atoms with Crippen molar-refractivity contribution in [3.8, 4) is 11.1 Å². The van der Waals surface area contributed by atoms with Crippen molar-refractivity contribution in [3.05, 3.63) is 43.2 Å². The number of hydrogen-bond acceptors (Lipinski definition) is 2. The summed E-state index contributed by atoms with van der Waals surface area (Å²) in [5.74, 6) is 0. The second-order valence-electron chi connectivity index (χ2n) is 5.62. The van der Waals surface area contributed by atoms with Crippen molar-refractivity contribution in [1.29, 1.82) is 0 Å². The van der Waals surface area contributed by atoms with Crippen LogP contribution in [0.25, 0.3) is 11.1 Å². The van der Waals surface area contributed by atoms with Gasteiger partial charge in [-0.1, -0.05) is 44.7 Å². The van der Waals surface area contributed by atoms with Crippen LogP contribution in [0.1, 0.15) is 50.5 Å². The number of hydrogen-bond donors (Lipinski definition) is 0. The van der Waals surface area contributed by atoms with Crippen LogP contribution in [0.3, 0.4) is 0 Å². The van der Waals surface area contributed by atoms with E-state index in [4.69, 9.17) is 9.15 Å². The van der Waals surface area contributed by atoms with Gasteiger partial charge in [-0.05, 0) is 42.9 Å². The number of rotatable bonds is 11. The summed E-state index contributed by atoms with van der Waals surface area (Å²) >= 11 is 0. The van der Waals surface area contributed by atoms with Gasteiger partial charge in [-0.2, -0.15) is 0 Å². The van der Waals surface area contributed by atoms with Gasteiger partial charge in [0.15, 0.2) is 0 Å². The molecule has 1 aliphatic carbocycles. The second kappa shape index (κ2) is 9.62. The van der Waals surface area contributed by atoms with Gasteiger partial charge in [-0.3, -0.25) is 0 Å². The summed E-state index contributed by atoms with van der Waals surface area (Å²) in [6.07, 6.45) is 13.1. The molecule has 21 heavy (non-hydrogen) atoms. The summed E-state index contributed by atoms with van der Waals surface area (Å²) in [7, 11) is 0. The van der Waals surface area contributed by atoms with Gasteiger partial charge in [0.05, 0.1) is 12.5 Å². The zero-order chi connectivity index (χ0) is 14.8. The monoisotopic (exact) mass is 287 g/mol. The molecule has 1 aliphatic heterocycles. The highest BCUT2D eigenvalue weighted by molar-refractivity contribution is 5.69. The summed E-state index contributed by atoms with van der Waals surface area (Å²) in [6, 6.07) is 6.43. The average molecular weight is 287 g/mol. The lowest BCUT2D eigenvalue weighted by Gasteiger charge is -2.05. The van der Waals surface area contributed by atoms with Crippen LogP contribution in [0.5, 0.6) is 0 Å². The first kappa shape index (κ1) is 16.1. The normalized spacial score (nSPS) is 11.3. The Balaban J connectivity index is 1.51. The fourth-order valence-corrected chi connectivity index (χ4v) is 2.66. The minimum atomic E-state index is 0.908. The zero-order valence-corrected chi connectivity index (χ0v) is 13.0. The molecule has 0 atom stereocenters. The van der Waals surface area contributed by atoms with Crippen LogP contribution in [0.4, 0.5) is 0 Å². The maximum atomic E-state index is 5.65. The second-order valence-corrected chi connectivity index (χ2v) is 5.62. The van der Waals surface area contributed by atoms with E-state index in [9.17, 15) is 0 Å². The molecule has 0 spiro atoms. The number of unbranched alkanes of at least 4 members (excludes halogenated alkanes) is 5. The van der Waals surface area contributed by atoms with Crippen LogP contribution in [-0.2, 0) is 11.2 Å². The molecular weight excluding hydrogens is 260 g/mol. The first-order valence-corrected chi connectivity index (χ1v) is 8.22. The Morgan fingerprint density at radius 3 is 2.52 bits per heavy atom. The fourth-order valence-electron chi connectivity index (χ4n) is 2.66. The Labute approximate surface area is 128 Å². The summed E-state index contributed by atoms with van der Waals surface area (Å²) in [6.45, 7) is 5.67. The Kier molecular flexibility index (Phi) is 7.37. The topological polar surface area (TPSA) is 22.4 Å². The highest BCUT2D eigenvalue weighted by atomic mass is 16.5.